The molecule has 0 aliphatic rings. The predicted octanol–water partition coefficient (Wildman–Crippen LogP) is 5.23. The second-order valence-electron chi connectivity index (χ2n) is 6.38. The van der Waals surface area contributed by atoms with E-state index in [0.717, 1.165) is 23.1 Å². The smallest absolute Gasteiger partial charge is 0.155 e. The molecular weight excluding hydrogens is 298 g/mol. The van der Waals surface area contributed by atoms with Crippen LogP contribution in [0.25, 0.3) is 22.2 Å². The highest BCUT2D eigenvalue weighted by Crippen LogP contribution is 2.34. The van der Waals surface area contributed by atoms with Gasteiger partial charge in [0.2, 0.25) is 0 Å². The van der Waals surface area contributed by atoms with Crippen molar-refractivity contribution in [1.29, 1.82) is 0 Å². The third-order valence-electron chi connectivity index (χ3n) is 4.56. The van der Waals surface area contributed by atoms with Crippen molar-refractivity contribution in [3.63, 3.8) is 0 Å². The second kappa shape index (κ2) is 7.95. The zero-order chi connectivity index (χ0) is 16.8. The van der Waals surface area contributed by atoms with Gasteiger partial charge in [0.15, 0.2) is 11.3 Å². The number of phenolic OH excluding ortho intramolecular Hbond substituents is 1. The molecule has 3 aromatic rings. The van der Waals surface area contributed by atoms with Crippen LogP contribution in [0.2, 0.25) is 0 Å². The molecule has 126 valence electrons. The molecule has 1 aromatic heterocycles. The van der Waals surface area contributed by atoms with Gasteiger partial charge >= 0.3 is 0 Å². The lowest BCUT2D eigenvalue weighted by Gasteiger charge is -2.07. The first-order chi connectivity index (χ1) is 11.8. The van der Waals surface area contributed by atoms with Crippen molar-refractivity contribution in [3.8, 4) is 16.9 Å². The fraction of sp³-hybridized carbons (Fsp3) is 0.400. The number of aromatic nitrogens is 3. The van der Waals surface area contributed by atoms with Crippen molar-refractivity contribution in [2.24, 2.45) is 0 Å². The molecule has 0 atom stereocenters. The number of H-pyrrole nitrogens is 1. The standard InChI is InChI=1S/C20H25N3O/c1-2-3-4-5-6-7-8-15-9-11-16(12-10-15)17-13-14-18-19(20(17)24)22-23-21-18/h9-14,24H,2-8H2,1H3,(H,21,22,23). The highest BCUT2D eigenvalue weighted by molar-refractivity contribution is 5.89. The van der Waals surface area contributed by atoms with Gasteiger partial charge in [0.1, 0.15) is 0 Å². The van der Waals surface area contributed by atoms with E-state index in [4.69, 9.17) is 0 Å². The molecule has 0 fully saturated rings. The van der Waals surface area contributed by atoms with Gasteiger partial charge in [-0.1, -0.05) is 68.5 Å². The van der Waals surface area contributed by atoms with Crippen molar-refractivity contribution < 1.29 is 5.11 Å². The molecular formula is C20H25N3O. The van der Waals surface area contributed by atoms with Crippen LogP contribution in [0.1, 0.15) is 51.0 Å². The predicted molar refractivity (Wildman–Crippen MR) is 98.1 cm³/mol. The highest BCUT2D eigenvalue weighted by atomic mass is 16.3. The van der Waals surface area contributed by atoms with Crippen LogP contribution in [-0.2, 0) is 6.42 Å². The molecule has 4 heteroatoms. The van der Waals surface area contributed by atoms with Crippen LogP contribution in [0.5, 0.6) is 5.75 Å². The number of fused-ring (bicyclic) bond motifs is 1. The van der Waals surface area contributed by atoms with E-state index in [1.54, 1.807) is 0 Å². The molecule has 24 heavy (non-hydrogen) atoms. The molecule has 4 nitrogen and oxygen atoms in total. The van der Waals surface area contributed by atoms with E-state index >= 15 is 0 Å². The zero-order valence-corrected chi connectivity index (χ0v) is 14.3. The summed E-state index contributed by atoms with van der Waals surface area (Å²) in [5, 5.41) is 20.8. The fourth-order valence-electron chi connectivity index (χ4n) is 3.09. The lowest BCUT2D eigenvalue weighted by atomic mass is 10.00. The Labute approximate surface area is 142 Å². The summed E-state index contributed by atoms with van der Waals surface area (Å²) in [7, 11) is 0. The topological polar surface area (TPSA) is 61.8 Å². The quantitative estimate of drug-likeness (QED) is 0.558. The number of aromatic amines is 1. The Hall–Kier alpha value is -2.36. The average Bonchev–Trinajstić information content (AvgIpc) is 3.09. The normalized spacial score (nSPS) is 11.2. The molecule has 2 N–H and O–H groups in total. The number of nitrogens with one attached hydrogen (secondary N) is 1. The van der Waals surface area contributed by atoms with E-state index < -0.39 is 0 Å². The van der Waals surface area contributed by atoms with Crippen molar-refractivity contribution in [2.75, 3.05) is 0 Å². The summed E-state index contributed by atoms with van der Waals surface area (Å²) in [5.74, 6) is 0.185. The Morgan fingerprint density at radius 2 is 1.67 bits per heavy atom. The Morgan fingerprint density at radius 1 is 0.917 bits per heavy atom. The minimum atomic E-state index is 0.185. The van der Waals surface area contributed by atoms with Gasteiger partial charge in [-0.3, -0.25) is 5.10 Å². The van der Waals surface area contributed by atoms with Crippen LogP contribution in [0.3, 0.4) is 0 Å². The Balaban J connectivity index is 1.62. The van der Waals surface area contributed by atoms with E-state index in [-0.39, 0.29) is 5.75 Å². The first kappa shape index (κ1) is 16.5. The molecule has 0 aliphatic heterocycles. The number of aryl methyl sites for hydroxylation is 1. The Morgan fingerprint density at radius 3 is 2.46 bits per heavy atom. The van der Waals surface area contributed by atoms with Crippen molar-refractivity contribution in [1.82, 2.24) is 15.4 Å². The summed E-state index contributed by atoms with van der Waals surface area (Å²) in [6.07, 6.45) is 9.05. The van der Waals surface area contributed by atoms with E-state index in [1.807, 2.05) is 12.1 Å². The number of aromatic hydroxyl groups is 1. The van der Waals surface area contributed by atoms with Crippen LogP contribution in [0, 0.1) is 0 Å². The van der Waals surface area contributed by atoms with Crippen LogP contribution in [-0.4, -0.2) is 20.5 Å². The summed E-state index contributed by atoms with van der Waals surface area (Å²) in [4.78, 5) is 0. The van der Waals surface area contributed by atoms with Gasteiger partial charge in [-0.15, -0.1) is 5.10 Å². The fourth-order valence-corrected chi connectivity index (χ4v) is 3.09. The van der Waals surface area contributed by atoms with Crippen molar-refractivity contribution >= 4 is 11.0 Å². The monoisotopic (exact) mass is 323 g/mol. The molecule has 0 aliphatic carbocycles. The lowest BCUT2D eigenvalue weighted by Crippen LogP contribution is -1.87. The van der Waals surface area contributed by atoms with Gasteiger partial charge in [-0.25, -0.2) is 0 Å². The van der Waals surface area contributed by atoms with Gasteiger partial charge in [-0.2, -0.15) is 0 Å². The molecule has 3 rings (SSSR count). The molecule has 0 spiro atoms. The first-order valence-corrected chi connectivity index (χ1v) is 8.91. The molecule has 0 radical (unpaired) electrons. The summed E-state index contributed by atoms with van der Waals surface area (Å²) in [5.41, 5.74) is 4.42. The maximum Gasteiger partial charge on any atom is 0.155 e. The van der Waals surface area contributed by atoms with Gasteiger partial charge in [0, 0.05) is 5.56 Å². The minimum absolute atomic E-state index is 0.185. The minimum Gasteiger partial charge on any atom is -0.505 e. The average molecular weight is 323 g/mol. The number of hydrogen-bond donors (Lipinski definition) is 2. The lowest BCUT2D eigenvalue weighted by molar-refractivity contribution is 0.482. The summed E-state index contributed by atoms with van der Waals surface area (Å²) in [6, 6.07) is 12.3. The molecule has 0 saturated carbocycles. The van der Waals surface area contributed by atoms with Crippen LogP contribution < -0.4 is 0 Å². The molecule has 0 unspecified atom stereocenters. The van der Waals surface area contributed by atoms with Gasteiger partial charge < -0.3 is 5.11 Å². The van der Waals surface area contributed by atoms with Crippen molar-refractivity contribution in [3.05, 3.63) is 42.0 Å². The summed E-state index contributed by atoms with van der Waals surface area (Å²) >= 11 is 0. The Bertz CT molecular complexity index is 777. The number of nitrogens with zero attached hydrogens (tertiary/aromatic N) is 2. The molecule has 0 amide bonds. The van der Waals surface area contributed by atoms with Gasteiger partial charge in [-0.05, 0) is 36.1 Å². The third-order valence-corrected chi connectivity index (χ3v) is 4.56. The van der Waals surface area contributed by atoms with Gasteiger partial charge in [0.05, 0.1) is 5.52 Å². The molecule has 1 heterocycles. The van der Waals surface area contributed by atoms with E-state index in [1.165, 1.54) is 44.1 Å². The molecule has 2 aromatic carbocycles. The zero-order valence-electron chi connectivity index (χ0n) is 14.3. The highest BCUT2D eigenvalue weighted by Gasteiger charge is 2.11. The summed E-state index contributed by atoms with van der Waals surface area (Å²) in [6.45, 7) is 2.25. The maximum atomic E-state index is 10.4. The van der Waals surface area contributed by atoms with Crippen LogP contribution in [0.15, 0.2) is 36.4 Å². The number of benzene rings is 2. The molecule has 0 bridgehead atoms. The van der Waals surface area contributed by atoms with Gasteiger partial charge in [0.25, 0.3) is 0 Å². The Kier molecular flexibility index (Phi) is 5.47. The second-order valence-corrected chi connectivity index (χ2v) is 6.38. The maximum absolute atomic E-state index is 10.4. The van der Waals surface area contributed by atoms with Crippen LogP contribution in [0.4, 0.5) is 0 Å². The summed E-state index contributed by atoms with van der Waals surface area (Å²) < 4.78 is 0. The SMILES string of the molecule is CCCCCCCCc1ccc(-c2ccc3[nH]nnc3c2O)cc1. The van der Waals surface area contributed by atoms with E-state index in [2.05, 4.69) is 46.6 Å². The number of unbranched alkanes of at least 4 members (excludes halogenated alkanes) is 5. The third kappa shape index (κ3) is 3.75. The number of rotatable bonds is 8. The van der Waals surface area contributed by atoms with Crippen LogP contribution >= 0.6 is 0 Å². The largest absolute Gasteiger partial charge is 0.505 e. The van der Waals surface area contributed by atoms with E-state index in [0.29, 0.717) is 5.52 Å². The number of hydrogen-bond acceptors (Lipinski definition) is 3. The molecule has 0 saturated heterocycles. The first-order valence-electron chi connectivity index (χ1n) is 8.91. The van der Waals surface area contributed by atoms with Crippen molar-refractivity contribution in [2.45, 2.75) is 51.9 Å². The number of phenols is 1. The van der Waals surface area contributed by atoms with E-state index in [9.17, 15) is 5.11 Å².